The molecule has 3 N–H and O–H groups in total. The lowest BCUT2D eigenvalue weighted by atomic mass is 10.0. The summed E-state index contributed by atoms with van der Waals surface area (Å²) < 4.78 is 16.6. The topological polar surface area (TPSA) is 97.4 Å². The van der Waals surface area contributed by atoms with Gasteiger partial charge in [0.2, 0.25) is 0 Å². The van der Waals surface area contributed by atoms with Crippen molar-refractivity contribution in [1.29, 1.82) is 0 Å². The number of hydroxylamine groups is 1. The molecule has 9 heteroatoms. The summed E-state index contributed by atoms with van der Waals surface area (Å²) in [5.41, 5.74) is 2.16. The van der Waals surface area contributed by atoms with Crippen LogP contribution in [-0.4, -0.2) is 98.6 Å². The molecule has 3 saturated heterocycles. The number of hydrogen-bond donors (Lipinski definition) is 3. The van der Waals surface area contributed by atoms with Crippen LogP contribution in [0.5, 0.6) is 0 Å². The highest BCUT2D eigenvalue weighted by Crippen LogP contribution is 2.30. The number of nitrogens with one attached hydrogen (secondary N) is 2. The molecule has 4 aliphatic heterocycles. The Bertz CT molecular complexity index is 530. The normalized spacial score (nSPS) is 35.1. The van der Waals surface area contributed by atoms with Crippen LogP contribution in [0.4, 0.5) is 0 Å². The third-order valence-corrected chi connectivity index (χ3v) is 6.07. The number of hydrogen-bond acceptors (Lipinski definition) is 9. The zero-order valence-electron chi connectivity index (χ0n) is 16.9. The molecule has 160 valence electrons. The van der Waals surface area contributed by atoms with Crippen LogP contribution in [0.2, 0.25) is 0 Å². The molecule has 3 fully saturated rings. The second-order valence-corrected chi connectivity index (χ2v) is 8.28. The molecule has 0 bridgehead atoms. The zero-order valence-corrected chi connectivity index (χ0v) is 16.9. The summed E-state index contributed by atoms with van der Waals surface area (Å²) in [5, 5.41) is 12.2. The lowest BCUT2D eigenvalue weighted by Gasteiger charge is -2.38. The Kier molecular flexibility index (Phi) is 7.03. The van der Waals surface area contributed by atoms with Crippen LogP contribution < -0.4 is 10.8 Å². The van der Waals surface area contributed by atoms with Crippen LogP contribution in [0.3, 0.4) is 0 Å². The van der Waals surface area contributed by atoms with Gasteiger partial charge >= 0.3 is 0 Å². The smallest absolute Gasteiger partial charge is 0.196 e. The van der Waals surface area contributed by atoms with Crippen molar-refractivity contribution < 1.29 is 19.4 Å². The first-order valence-electron chi connectivity index (χ1n) is 10.8. The number of unbranched alkanes of at least 4 members (excludes halogenated alkanes) is 3. The number of morpholine rings is 1. The first kappa shape index (κ1) is 20.3. The maximum atomic E-state index is 8.70. The van der Waals surface area contributed by atoms with E-state index in [9.17, 15) is 0 Å². The first-order valence-corrected chi connectivity index (χ1v) is 10.8. The largest absolute Gasteiger partial charge is 0.378 e. The average molecular weight is 398 g/mol. The van der Waals surface area contributed by atoms with Gasteiger partial charge in [0.1, 0.15) is 18.4 Å². The highest BCUT2D eigenvalue weighted by Gasteiger charge is 2.46. The fourth-order valence-corrected chi connectivity index (χ4v) is 4.31. The summed E-state index contributed by atoms with van der Waals surface area (Å²) in [5.74, 6) is 1.58. The van der Waals surface area contributed by atoms with Crippen molar-refractivity contribution in [3.8, 4) is 0 Å². The number of nitrogens with zero attached hydrogens (tertiary/aromatic N) is 3. The monoisotopic (exact) mass is 397 g/mol. The third-order valence-electron chi connectivity index (χ3n) is 6.07. The van der Waals surface area contributed by atoms with E-state index in [0.29, 0.717) is 12.0 Å². The van der Waals surface area contributed by atoms with Gasteiger partial charge in [0.15, 0.2) is 12.2 Å². The molecule has 0 aromatic rings. The van der Waals surface area contributed by atoms with Crippen LogP contribution in [0, 0.1) is 5.92 Å². The van der Waals surface area contributed by atoms with Gasteiger partial charge in [-0.1, -0.05) is 19.3 Å². The van der Waals surface area contributed by atoms with Gasteiger partial charge in [0, 0.05) is 39.1 Å². The molecule has 0 aromatic carbocycles. The fourth-order valence-electron chi connectivity index (χ4n) is 4.31. The summed E-state index contributed by atoms with van der Waals surface area (Å²) in [6.07, 6.45) is 6.37. The van der Waals surface area contributed by atoms with E-state index in [-0.39, 0.29) is 18.6 Å². The molecule has 4 aliphatic rings. The van der Waals surface area contributed by atoms with Crippen molar-refractivity contribution in [2.24, 2.45) is 10.9 Å². The molecule has 5 unspecified atom stereocenters. The molecular weight excluding hydrogens is 362 g/mol. The Morgan fingerprint density at radius 3 is 2.68 bits per heavy atom. The SMILES string of the molecule is CN1CC(C2OC2NCCCCCCC2OC2NO)CN=C1N1CCOCC1. The van der Waals surface area contributed by atoms with E-state index < -0.39 is 0 Å². The van der Waals surface area contributed by atoms with Gasteiger partial charge in [-0.2, -0.15) is 5.48 Å². The van der Waals surface area contributed by atoms with Gasteiger partial charge in [-0.05, 0) is 19.4 Å². The van der Waals surface area contributed by atoms with Gasteiger partial charge in [-0.25, -0.2) is 0 Å². The minimum absolute atomic E-state index is 0.126. The molecule has 4 rings (SSSR count). The standard InChI is InChI=1S/C19H35N5O4/c1-23-13-14(12-21-19(23)24-8-10-26-11-9-24)16-18(28-16)20-7-5-3-2-4-6-15-17(22-25)27-15/h14-18,20,22,25H,2-13H2,1H3. The summed E-state index contributed by atoms with van der Waals surface area (Å²) in [7, 11) is 2.14. The fraction of sp³-hybridized carbons (Fsp3) is 0.947. The summed E-state index contributed by atoms with van der Waals surface area (Å²) >= 11 is 0. The Balaban J connectivity index is 1.05. The van der Waals surface area contributed by atoms with E-state index >= 15 is 0 Å². The van der Waals surface area contributed by atoms with E-state index in [1.165, 1.54) is 19.3 Å². The van der Waals surface area contributed by atoms with Crippen molar-refractivity contribution in [1.82, 2.24) is 20.6 Å². The predicted molar refractivity (Wildman–Crippen MR) is 104 cm³/mol. The predicted octanol–water partition coefficient (Wildman–Crippen LogP) is 0.205. The lowest BCUT2D eigenvalue weighted by Crippen LogP contribution is -2.52. The molecular formula is C19H35N5O4. The van der Waals surface area contributed by atoms with Gasteiger partial charge in [0.05, 0.1) is 13.2 Å². The molecule has 0 amide bonds. The molecule has 0 aromatic heterocycles. The number of guanidine groups is 1. The summed E-state index contributed by atoms with van der Waals surface area (Å²) in [6, 6.07) is 0. The molecule has 9 nitrogen and oxygen atoms in total. The highest BCUT2D eigenvalue weighted by atomic mass is 16.7. The molecule has 0 spiro atoms. The molecule has 4 heterocycles. The minimum Gasteiger partial charge on any atom is -0.378 e. The maximum Gasteiger partial charge on any atom is 0.196 e. The molecule has 0 saturated carbocycles. The quantitative estimate of drug-likeness (QED) is 0.273. The molecule has 5 atom stereocenters. The highest BCUT2D eigenvalue weighted by molar-refractivity contribution is 5.80. The zero-order chi connectivity index (χ0) is 19.3. The Hall–Kier alpha value is -0.970. The minimum atomic E-state index is -0.126. The van der Waals surface area contributed by atoms with E-state index in [1.54, 1.807) is 0 Å². The summed E-state index contributed by atoms with van der Waals surface area (Å²) in [6.45, 7) is 6.33. The Labute approximate surface area is 167 Å². The molecule has 0 radical (unpaired) electrons. The van der Waals surface area contributed by atoms with E-state index in [1.807, 2.05) is 0 Å². The van der Waals surface area contributed by atoms with E-state index in [2.05, 4.69) is 27.6 Å². The van der Waals surface area contributed by atoms with Gasteiger partial charge in [-0.3, -0.25) is 10.3 Å². The van der Waals surface area contributed by atoms with Gasteiger partial charge < -0.3 is 29.2 Å². The van der Waals surface area contributed by atoms with Crippen LogP contribution in [0.15, 0.2) is 4.99 Å². The van der Waals surface area contributed by atoms with Crippen molar-refractivity contribution in [2.45, 2.75) is 56.8 Å². The van der Waals surface area contributed by atoms with Crippen molar-refractivity contribution >= 4 is 5.96 Å². The Morgan fingerprint density at radius 1 is 1.11 bits per heavy atom. The second-order valence-electron chi connectivity index (χ2n) is 8.28. The molecule has 28 heavy (non-hydrogen) atoms. The van der Waals surface area contributed by atoms with E-state index in [4.69, 9.17) is 24.4 Å². The van der Waals surface area contributed by atoms with Crippen LogP contribution in [0.1, 0.15) is 32.1 Å². The van der Waals surface area contributed by atoms with Crippen molar-refractivity contribution in [2.75, 3.05) is 53.0 Å². The van der Waals surface area contributed by atoms with Crippen molar-refractivity contribution in [3.05, 3.63) is 0 Å². The average Bonchev–Trinajstić information content (AvgIpc) is 3.63. The van der Waals surface area contributed by atoms with Gasteiger partial charge in [0.25, 0.3) is 0 Å². The number of aliphatic imine (C=N–C) groups is 1. The lowest BCUT2D eigenvalue weighted by molar-refractivity contribution is 0.0611. The van der Waals surface area contributed by atoms with Crippen LogP contribution >= 0.6 is 0 Å². The van der Waals surface area contributed by atoms with Crippen LogP contribution in [-0.2, 0) is 14.2 Å². The first-order chi connectivity index (χ1) is 13.8. The second kappa shape index (κ2) is 9.69. The maximum absolute atomic E-state index is 8.70. The number of epoxide rings is 2. The molecule has 0 aliphatic carbocycles. The van der Waals surface area contributed by atoms with E-state index in [0.717, 1.165) is 64.7 Å². The third kappa shape index (κ3) is 5.34. The van der Waals surface area contributed by atoms with Gasteiger partial charge in [-0.15, -0.1) is 0 Å². The van der Waals surface area contributed by atoms with Crippen LogP contribution in [0.25, 0.3) is 0 Å². The Morgan fingerprint density at radius 2 is 1.93 bits per heavy atom. The number of ether oxygens (including phenoxy) is 3. The summed E-state index contributed by atoms with van der Waals surface area (Å²) in [4.78, 5) is 9.46. The van der Waals surface area contributed by atoms with Crippen molar-refractivity contribution in [3.63, 3.8) is 0 Å². The number of rotatable bonds is 10.